The van der Waals surface area contributed by atoms with Gasteiger partial charge in [0.1, 0.15) is 0 Å². The highest BCUT2D eigenvalue weighted by Crippen LogP contribution is 1.79. The Balaban J connectivity index is 3.15. The fraction of sp³-hybridized carbons (Fsp3) is 0.250. The van der Waals surface area contributed by atoms with E-state index in [1.54, 1.807) is 0 Å². The van der Waals surface area contributed by atoms with Crippen molar-refractivity contribution in [1.29, 1.82) is 0 Å². The van der Waals surface area contributed by atoms with Crippen LogP contribution in [0.4, 0.5) is 4.48 Å². The second-order valence-corrected chi connectivity index (χ2v) is 0.925. The third-order valence-electron chi connectivity index (χ3n) is 0.388. The summed E-state index contributed by atoms with van der Waals surface area (Å²) < 4.78 is 11.5. The zero-order chi connectivity index (χ0) is 5.70. The zero-order valence-corrected chi connectivity index (χ0v) is 3.72. The minimum Gasteiger partial charge on any atom is -0.261 e. The van der Waals surface area contributed by atoms with Gasteiger partial charge in [-0.3, -0.25) is 4.79 Å². The molecule has 0 unspecified atom stereocenters. The van der Waals surface area contributed by atoms with Crippen molar-refractivity contribution in [2.24, 2.45) is 0 Å². The van der Waals surface area contributed by atoms with Gasteiger partial charge in [-0.1, -0.05) is 10.6 Å². The molecule has 0 saturated carbocycles. The summed E-state index contributed by atoms with van der Waals surface area (Å²) in [4.78, 5) is 9.27. The van der Waals surface area contributed by atoms with Gasteiger partial charge in [0.25, 0.3) is 0 Å². The van der Waals surface area contributed by atoms with Gasteiger partial charge in [0, 0.05) is 0 Å². The van der Waals surface area contributed by atoms with Gasteiger partial charge in [-0.05, 0) is 0 Å². The highest BCUT2D eigenvalue weighted by atomic mass is 19.2. The van der Waals surface area contributed by atoms with Crippen molar-refractivity contribution < 1.29 is 9.28 Å². The van der Waals surface area contributed by atoms with E-state index >= 15 is 0 Å². The normalized spacial score (nSPS) is 7.57. The maximum atomic E-state index is 11.5. The van der Waals surface area contributed by atoms with Crippen molar-refractivity contribution in [1.82, 2.24) is 5.12 Å². The number of carbonyl (C=O) groups excluding carboxylic acids is 1. The summed E-state index contributed by atoms with van der Waals surface area (Å²) in [6.07, 6.45) is 2.28. The molecule has 0 atom stereocenters. The van der Waals surface area contributed by atoms with E-state index in [1.807, 2.05) is 0 Å². The molecule has 0 aromatic rings. The minimum absolute atomic E-state index is 0.0938. The quantitative estimate of drug-likeness (QED) is 0.287. The van der Waals surface area contributed by atoms with Gasteiger partial charge in [0.05, 0.1) is 6.54 Å². The lowest BCUT2D eigenvalue weighted by Crippen LogP contribution is -2.08. The summed E-state index contributed by atoms with van der Waals surface area (Å²) in [5, 5.41) is -0.118. The van der Waals surface area contributed by atoms with Gasteiger partial charge in [0.15, 0.2) is 0 Å². The van der Waals surface area contributed by atoms with Gasteiger partial charge < -0.3 is 0 Å². The SMILES string of the molecule is C=CCN(F)[C]=O. The van der Waals surface area contributed by atoms with Crippen LogP contribution in [0.3, 0.4) is 0 Å². The Bertz CT molecular complexity index is 74.1. The number of hydrogen-bond donors (Lipinski definition) is 0. The van der Waals surface area contributed by atoms with Crippen molar-refractivity contribution >= 4 is 6.41 Å². The van der Waals surface area contributed by atoms with Crippen LogP contribution < -0.4 is 0 Å². The van der Waals surface area contributed by atoms with Crippen molar-refractivity contribution in [3.63, 3.8) is 0 Å². The summed E-state index contributed by atoms with van der Waals surface area (Å²) in [6.45, 7) is 3.09. The predicted molar refractivity (Wildman–Crippen MR) is 23.7 cm³/mol. The molecule has 2 nitrogen and oxygen atoms in total. The first-order valence-electron chi connectivity index (χ1n) is 1.73. The molecule has 0 fully saturated rings. The van der Waals surface area contributed by atoms with Crippen LogP contribution in [0.25, 0.3) is 0 Å². The Morgan fingerprint density at radius 1 is 2.00 bits per heavy atom. The summed E-state index contributed by atoms with van der Waals surface area (Å²) >= 11 is 0. The molecule has 0 bridgehead atoms. The largest absolute Gasteiger partial charge is 0.342 e. The monoisotopic (exact) mass is 102 g/mol. The van der Waals surface area contributed by atoms with E-state index in [4.69, 9.17) is 0 Å². The number of rotatable bonds is 3. The van der Waals surface area contributed by atoms with E-state index in [9.17, 15) is 9.28 Å². The summed E-state index contributed by atoms with van der Waals surface area (Å²) in [5.74, 6) is 0. The molecule has 3 heteroatoms. The average molecular weight is 102 g/mol. The molecular weight excluding hydrogens is 97.0 g/mol. The molecule has 0 N–H and O–H groups in total. The first-order valence-corrected chi connectivity index (χ1v) is 1.73. The van der Waals surface area contributed by atoms with Crippen LogP contribution in [0.15, 0.2) is 12.7 Å². The molecule has 0 aliphatic rings. The van der Waals surface area contributed by atoms with E-state index in [-0.39, 0.29) is 11.7 Å². The molecule has 0 spiro atoms. The summed E-state index contributed by atoms with van der Waals surface area (Å²) in [5.41, 5.74) is 0. The number of hydrogen-bond acceptors (Lipinski definition) is 1. The van der Waals surface area contributed by atoms with E-state index in [2.05, 4.69) is 6.58 Å². The average Bonchev–Trinajstić information content (AvgIpc) is 1.68. The predicted octanol–water partition coefficient (Wildman–Crippen LogP) is 0.426. The molecule has 1 amide bonds. The van der Waals surface area contributed by atoms with Gasteiger partial charge in [-0.25, -0.2) is 0 Å². The van der Waals surface area contributed by atoms with Crippen molar-refractivity contribution in [2.75, 3.05) is 6.54 Å². The van der Waals surface area contributed by atoms with Crippen LogP contribution in [0.1, 0.15) is 0 Å². The Labute approximate surface area is 41.2 Å². The minimum atomic E-state index is -0.118. The molecule has 0 aliphatic heterocycles. The van der Waals surface area contributed by atoms with Crippen LogP contribution in [0.5, 0.6) is 0 Å². The fourth-order valence-electron chi connectivity index (χ4n) is 0.151. The summed E-state index contributed by atoms with van der Waals surface area (Å²) in [6, 6.07) is 0. The van der Waals surface area contributed by atoms with Gasteiger partial charge >= 0.3 is 6.41 Å². The Morgan fingerprint density at radius 2 is 2.57 bits per heavy atom. The Hall–Kier alpha value is -0.860. The lowest BCUT2D eigenvalue weighted by molar-refractivity contribution is 0.132. The zero-order valence-electron chi connectivity index (χ0n) is 3.72. The molecule has 0 aromatic carbocycles. The van der Waals surface area contributed by atoms with Crippen LogP contribution in [0.2, 0.25) is 0 Å². The van der Waals surface area contributed by atoms with Crippen LogP contribution >= 0.6 is 0 Å². The summed E-state index contributed by atoms with van der Waals surface area (Å²) in [7, 11) is 0. The highest BCUT2D eigenvalue weighted by Gasteiger charge is 1.90. The molecule has 0 rings (SSSR count). The maximum absolute atomic E-state index is 11.5. The molecule has 1 radical (unpaired) electrons. The molecular formula is C4H5FNO. The van der Waals surface area contributed by atoms with Gasteiger partial charge in [-0.2, -0.15) is 5.12 Å². The number of nitrogens with zero attached hydrogens (tertiary/aromatic N) is 1. The van der Waals surface area contributed by atoms with E-state index < -0.39 is 0 Å². The second kappa shape index (κ2) is 3.33. The molecule has 39 valence electrons. The van der Waals surface area contributed by atoms with Crippen molar-refractivity contribution in [2.45, 2.75) is 0 Å². The molecule has 0 aliphatic carbocycles. The second-order valence-electron chi connectivity index (χ2n) is 0.925. The molecule has 0 heterocycles. The van der Waals surface area contributed by atoms with E-state index in [0.717, 1.165) is 6.41 Å². The highest BCUT2D eigenvalue weighted by molar-refractivity contribution is 5.46. The molecule has 7 heavy (non-hydrogen) atoms. The topological polar surface area (TPSA) is 20.3 Å². The molecule has 0 saturated heterocycles. The third kappa shape index (κ3) is 2.96. The van der Waals surface area contributed by atoms with Crippen LogP contribution in [0, 0.1) is 0 Å². The van der Waals surface area contributed by atoms with Gasteiger partial charge in [-0.15, -0.1) is 6.58 Å². The fourth-order valence-corrected chi connectivity index (χ4v) is 0.151. The molecule has 0 aromatic heterocycles. The standard InChI is InChI=1S/C4H5FNO/c1-2-3-6(5)4-7/h2H,1,3H2. The number of halogens is 1. The number of amides is 1. The lowest BCUT2D eigenvalue weighted by Gasteiger charge is -1.94. The first kappa shape index (κ1) is 6.14. The Morgan fingerprint density at radius 3 is 2.71 bits per heavy atom. The lowest BCUT2D eigenvalue weighted by atomic mass is 10.6. The van der Waals surface area contributed by atoms with E-state index in [1.165, 1.54) is 6.08 Å². The van der Waals surface area contributed by atoms with Crippen molar-refractivity contribution in [3.8, 4) is 0 Å². The van der Waals surface area contributed by atoms with Crippen molar-refractivity contribution in [3.05, 3.63) is 12.7 Å². The van der Waals surface area contributed by atoms with E-state index in [0.29, 0.717) is 0 Å². The van der Waals surface area contributed by atoms with Crippen LogP contribution in [-0.2, 0) is 4.79 Å². The maximum Gasteiger partial charge on any atom is 0.342 e. The van der Waals surface area contributed by atoms with Gasteiger partial charge in [0.2, 0.25) is 0 Å². The Kier molecular flexibility index (Phi) is 2.92. The third-order valence-corrected chi connectivity index (χ3v) is 0.388. The smallest absolute Gasteiger partial charge is 0.261 e. The first-order chi connectivity index (χ1) is 3.31. The van der Waals surface area contributed by atoms with Crippen LogP contribution in [-0.4, -0.2) is 18.1 Å².